The maximum Gasteiger partial charge on any atom is 0.338 e. The van der Waals surface area contributed by atoms with E-state index in [0.29, 0.717) is 10.6 Å². The van der Waals surface area contributed by atoms with Gasteiger partial charge in [0.1, 0.15) is 0 Å². The van der Waals surface area contributed by atoms with Gasteiger partial charge in [0.25, 0.3) is 0 Å². The lowest BCUT2D eigenvalue weighted by Crippen LogP contribution is -2.06. The first-order valence-corrected chi connectivity index (χ1v) is 4.29. The summed E-state index contributed by atoms with van der Waals surface area (Å²) in [5.41, 5.74) is 2.22. The van der Waals surface area contributed by atoms with Crippen LogP contribution in [0.5, 0.6) is 0 Å². The van der Waals surface area contributed by atoms with Gasteiger partial charge in [0.2, 0.25) is 0 Å². The molecular formula is C10H11ClO2. The van der Waals surface area contributed by atoms with E-state index >= 15 is 0 Å². The number of hydrogen-bond donors (Lipinski definition) is 0. The van der Waals surface area contributed by atoms with E-state index in [0.717, 1.165) is 11.1 Å². The predicted octanol–water partition coefficient (Wildman–Crippen LogP) is 2.74. The largest absolute Gasteiger partial charge is 0.465 e. The second-order valence-electron chi connectivity index (χ2n) is 2.86. The third-order valence-electron chi connectivity index (χ3n) is 2.00. The van der Waals surface area contributed by atoms with E-state index in [1.807, 2.05) is 19.9 Å². The van der Waals surface area contributed by atoms with E-state index < -0.39 is 0 Å². The molecule has 0 atom stereocenters. The summed E-state index contributed by atoms with van der Waals surface area (Å²) >= 11 is 5.88. The first kappa shape index (κ1) is 10.1. The molecule has 0 bridgehead atoms. The lowest BCUT2D eigenvalue weighted by atomic mass is 10.0. The van der Waals surface area contributed by atoms with E-state index in [9.17, 15) is 4.79 Å². The molecule has 1 aromatic carbocycles. The fourth-order valence-electron chi connectivity index (χ4n) is 1.24. The van der Waals surface area contributed by atoms with Crippen LogP contribution in [0.1, 0.15) is 21.5 Å². The molecule has 0 aliphatic rings. The topological polar surface area (TPSA) is 26.3 Å². The smallest absolute Gasteiger partial charge is 0.338 e. The number of hydrogen-bond acceptors (Lipinski definition) is 2. The molecule has 3 heteroatoms. The minimum Gasteiger partial charge on any atom is -0.465 e. The zero-order valence-corrected chi connectivity index (χ0v) is 8.61. The molecule has 0 amide bonds. The highest BCUT2D eigenvalue weighted by molar-refractivity contribution is 6.31. The molecule has 0 aliphatic heterocycles. The summed E-state index contributed by atoms with van der Waals surface area (Å²) in [5.74, 6) is -0.336. The van der Waals surface area contributed by atoms with E-state index in [1.165, 1.54) is 7.11 Å². The normalized spacial score (nSPS) is 9.85. The molecule has 2 nitrogen and oxygen atoms in total. The van der Waals surface area contributed by atoms with Gasteiger partial charge in [0, 0.05) is 5.02 Å². The van der Waals surface area contributed by atoms with Crippen molar-refractivity contribution in [2.75, 3.05) is 7.11 Å². The van der Waals surface area contributed by atoms with Crippen molar-refractivity contribution >= 4 is 17.6 Å². The molecule has 0 N–H and O–H groups in total. The fraction of sp³-hybridized carbons (Fsp3) is 0.300. The van der Waals surface area contributed by atoms with Crippen molar-refractivity contribution in [2.45, 2.75) is 13.8 Å². The SMILES string of the molecule is COC(=O)c1c(C)ccc(Cl)c1C. The van der Waals surface area contributed by atoms with E-state index in [-0.39, 0.29) is 5.97 Å². The summed E-state index contributed by atoms with van der Waals surface area (Å²) < 4.78 is 4.66. The first-order valence-electron chi connectivity index (χ1n) is 3.92. The monoisotopic (exact) mass is 198 g/mol. The van der Waals surface area contributed by atoms with Crippen LogP contribution in [-0.4, -0.2) is 13.1 Å². The average Bonchev–Trinajstić information content (AvgIpc) is 2.12. The van der Waals surface area contributed by atoms with Crippen LogP contribution in [0.2, 0.25) is 5.02 Å². The maximum absolute atomic E-state index is 11.3. The van der Waals surface area contributed by atoms with Gasteiger partial charge in [-0.1, -0.05) is 17.7 Å². The molecule has 0 fully saturated rings. The molecule has 0 unspecified atom stereocenters. The molecule has 0 saturated carbocycles. The summed E-state index contributed by atoms with van der Waals surface area (Å²) in [4.78, 5) is 11.3. The zero-order valence-electron chi connectivity index (χ0n) is 7.85. The van der Waals surface area contributed by atoms with Crippen molar-refractivity contribution in [1.82, 2.24) is 0 Å². The Bertz CT molecular complexity index is 345. The number of methoxy groups -OCH3 is 1. The first-order chi connectivity index (χ1) is 6.07. The van der Waals surface area contributed by atoms with Crippen LogP contribution in [0.25, 0.3) is 0 Å². The number of esters is 1. The number of carbonyl (C=O) groups is 1. The van der Waals surface area contributed by atoms with Crippen LogP contribution in [0.3, 0.4) is 0 Å². The zero-order chi connectivity index (χ0) is 10.0. The van der Waals surface area contributed by atoms with Gasteiger partial charge in [-0.3, -0.25) is 0 Å². The van der Waals surface area contributed by atoms with Gasteiger partial charge < -0.3 is 4.74 Å². The molecule has 13 heavy (non-hydrogen) atoms. The number of carbonyl (C=O) groups excluding carboxylic acids is 1. The fourth-order valence-corrected chi connectivity index (χ4v) is 1.40. The number of rotatable bonds is 1. The van der Waals surface area contributed by atoms with Gasteiger partial charge >= 0.3 is 5.97 Å². The van der Waals surface area contributed by atoms with E-state index in [1.54, 1.807) is 6.07 Å². The molecule has 70 valence electrons. The Balaban J connectivity index is 3.33. The molecule has 0 heterocycles. The summed E-state index contributed by atoms with van der Waals surface area (Å²) in [6.45, 7) is 3.66. The van der Waals surface area contributed by atoms with Crippen LogP contribution in [0.4, 0.5) is 0 Å². The second-order valence-corrected chi connectivity index (χ2v) is 3.26. The summed E-state index contributed by atoms with van der Waals surface area (Å²) in [6.07, 6.45) is 0. The number of benzene rings is 1. The third kappa shape index (κ3) is 1.83. The minimum atomic E-state index is -0.336. The van der Waals surface area contributed by atoms with Gasteiger partial charge in [-0.2, -0.15) is 0 Å². The second kappa shape index (κ2) is 3.79. The third-order valence-corrected chi connectivity index (χ3v) is 2.41. The molecule has 0 saturated heterocycles. The summed E-state index contributed by atoms with van der Waals surface area (Å²) in [6, 6.07) is 3.58. The lowest BCUT2D eigenvalue weighted by Gasteiger charge is -2.08. The highest BCUT2D eigenvalue weighted by Crippen LogP contribution is 2.22. The Morgan fingerprint density at radius 3 is 2.54 bits per heavy atom. The van der Waals surface area contributed by atoms with Gasteiger partial charge in [-0.15, -0.1) is 0 Å². The van der Waals surface area contributed by atoms with Gasteiger partial charge in [-0.05, 0) is 31.0 Å². The van der Waals surface area contributed by atoms with Crippen molar-refractivity contribution in [2.24, 2.45) is 0 Å². The molecule has 0 spiro atoms. The lowest BCUT2D eigenvalue weighted by molar-refractivity contribution is 0.0599. The molecule has 0 aliphatic carbocycles. The standard InChI is InChI=1S/C10H11ClO2/c1-6-4-5-8(11)7(2)9(6)10(12)13-3/h4-5H,1-3H3. The average molecular weight is 199 g/mol. The van der Waals surface area contributed by atoms with Crippen LogP contribution >= 0.6 is 11.6 Å². The van der Waals surface area contributed by atoms with Crippen LogP contribution in [0.15, 0.2) is 12.1 Å². The number of halogens is 1. The van der Waals surface area contributed by atoms with Crippen LogP contribution in [-0.2, 0) is 4.74 Å². The molecule has 0 aromatic heterocycles. The van der Waals surface area contributed by atoms with E-state index in [2.05, 4.69) is 4.74 Å². The Labute approximate surface area is 82.5 Å². The van der Waals surface area contributed by atoms with Gasteiger partial charge in [-0.25, -0.2) is 4.79 Å². The van der Waals surface area contributed by atoms with Crippen molar-refractivity contribution in [3.63, 3.8) is 0 Å². The van der Waals surface area contributed by atoms with Crippen molar-refractivity contribution < 1.29 is 9.53 Å². The highest BCUT2D eigenvalue weighted by atomic mass is 35.5. The molecular weight excluding hydrogens is 188 g/mol. The van der Waals surface area contributed by atoms with Gasteiger partial charge in [0.05, 0.1) is 12.7 Å². The van der Waals surface area contributed by atoms with Crippen LogP contribution in [0, 0.1) is 13.8 Å². The molecule has 1 rings (SSSR count). The van der Waals surface area contributed by atoms with E-state index in [4.69, 9.17) is 11.6 Å². The maximum atomic E-state index is 11.3. The minimum absolute atomic E-state index is 0.336. The summed E-state index contributed by atoms with van der Waals surface area (Å²) in [5, 5.41) is 0.589. The Morgan fingerprint density at radius 1 is 1.38 bits per heavy atom. The molecule has 0 radical (unpaired) electrons. The predicted molar refractivity (Wildman–Crippen MR) is 52.3 cm³/mol. The number of aryl methyl sites for hydroxylation is 1. The Kier molecular flexibility index (Phi) is 2.94. The highest BCUT2D eigenvalue weighted by Gasteiger charge is 2.13. The number of ether oxygens (including phenoxy) is 1. The molecule has 1 aromatic rings. The van der Waals surface area contributed by atoms with Crippen molar-refractivity contribution in [1.29, 1.82) is 0 Å². The Hall–Kier alpha value is -1.02. The summed E-state index contributed by atoms with van der Waals surface area (Å²) in [7, 11) is 1.36. The van der Waals surface area contributed by atoms with Crippen molar-refractivity contribution in [3.05, 3.63) is 33.8 Å². The quantitative estimate of drug-likeness (QED) is 0.649. The Morgan fingerprint density at radius 2 is 2.00 bits per heavy atom. The van der Waals surface area contributed by atoms with Crippen LogP contribution < -0.4 is 0 Å². The van der Waals surface area contributed by atoms with Gasteiger partial charge in [0.15, 0.2) is 0 Å². The van der Waals surface area contributed by atoms with Crippen molar-refractivity contribution in [3.8, 4) is 0 Å².